The van der Waals surface area contributed by atoms with Crippen LogP contribution in [-0.2, 0) is 23.4 Å². The Bertz CT molecular complexity index is 1020. The zero-order valence-electron chi connectivity index (χ0n) is 20.2. The Hall–Kier alpha value is -1.73. The summed E-state index contributed by atoms with van der Waals surface area (Å²) in [6.45, 7) is 6.05. The molecule has 36 heavy (non-hydrogen) atoms. The first-order valence-electron chi connectivity index (χ1n) is 11.3. The average Bonchev–Trinajstić information content (AvgIpc) is 3.08. The van der Waals surface area contributed by atoms with Crippen LogP contribution < -0.4 is 14.9 Å². The number of halogens is 1. The lowest BCUT2D eigenvalue weighted by Crippen LogP contribution is -2.52. The van der Waals surface area contributed by atoms with Crippen LogP contribution in [0.2, 0.25) is 0 Å². The van der Waals surface area contributed by atoms with E-state index in [1.807, 2.05) is 0 Å². The Morgan fingerprint density at radius 1 is 1.36 bits per heavy atom. The number of aliphatic hydroxyl groups excluding tert-OH is 1. The number of nitrogens with zero attached hydrogens (tertiary/aromatic N) is 1. The number of nitrogens with one attached hydrogen (secondary N) is 2. The van der Waals surface area contributed by atoms with E-state index < -0.39 is 56.5 Å². The van der Waals surface area contributed by atoms with E-state index in [2.05, 4.69) is 23.0 Å². The SMILES string of the molecule is CC1=CN([C@H]2O[C@@H](COP(=O)(N[C@@H](C)C(=O)OC(C)C)Oc3ccccc3)[C@@H](O)C2F)C(S)NC1=S. The van der Waals surface area contributed by atoms with E-state index in [1.54, 1.807) is 57.3 Å². The first kappa shape index (κ1) is 28.8. The molecule has 3 unspecified atom stereocenters. The minimum Gasteiger partial charge on any atom is -0.462 e. The van der Waals surface area contributed by atoms with E-state index in [-0.39, 0.29) is 11.9 Å². The number of benzene rings is 1. The number of hydrogen-bond donors (Lipinski definition) is 4. The van der Waals surface area contributed by atoms with Gasteiger partial charge in [0.15, 0.2) is 12.4 Å². The fourth-order valence-electron chi connectivity index (χ4n) is 3.46. The fourth-order valence-corrected chi connectivity index (χ4v) is 5.54. The Labute approximate surface area is 220 Å². The third-order valence-corrected chi connectivity index (χ3v) is 7.75. The summed E-state index contributed by atoms with van der Waals surface area (Å²) in [5.41, 5.74) is -0.00848. The van der Waals surface area contributed by atoms with Gasteiger partial charge in [-0.15, -0.1) is 12.6 Å². The molecular formula is C22H31FN3O7PS2. The molecule has 14 heteroatoms. The van der Waals surface area contributed by atoms with Crippen LogP contribution >= 0.6 is 32.6 Å². The molecule has 10 nitrogen and oxygen atoms in total. The number of thiol groups is 1. The highest BCUT2D eigenvalue weighted by atomic mass is 32.1. The second-order valence-corrected chi connectivity index (χ2v) is 11.2. The topological polar surface area (TPSA) is 119 Å². The fraction of sp³-hybridized carbons (Fsp3) is 0.545. The average molecular weight is 564 g/mol. The minimum absolute atomic E-state index is 0.209. The summed E-state index contributed by atoms with van der Waals surface area (Å²) in [4.78, 5) is 14.2. The van der Waals surface area contributed by atoms with Crippen LogP contribution in [0.4, 0.5) is 4.39 Å². The number of para-hydroxylation sites is 1. The maximum absolute atomic E-state index is 15.0. The van der Waals surface area contributed by atoms with E-state index in [0.29, 0.717) is 10.6 Å². The van der Waals surface area contributed by atoms with Crippen LogP contribution in [0.5, 0.6) is 5.75 Å². The van der Waals surface area contributed by atoms with E-state index in [0.717, 1.165) is 0 Å². The van der Waals surface area contributed by atoms with Gasteiger partial charge < -0.3 is 29.3 Å². The van der Waals surface area contributed by atoms with Gasteiger partial charge in [0.1, 0.15) is 34.5 Å². The van der Waals surface area contributed by atoms with Crippen molar-refractivity contribution in [1.82, 2.24) is 15.3 Å². The molecule has 7 atom stereocenters. The summed E-state index contributed by atoms with van der Waals surface area (Å²) in [6, 6.07) is 7.13. The Kier molecular flexibility index (Phi) is 9.78. The molecule has 0 amide bonds. The zero-order chi connectivity index (χ0) is 26.6. The first-order chi connectivity index (χ1) is 16.9. The van der Waals surface area contributed by atoms with Crippen LogP contribution in [0.3, 0.4) is 0 Å². The quantitative estimate of drug-likeness (QED) is 0.146. The highest BCUT2D eigenvalue weighted by molar-refractivity contribution is 7.82. The molecule has 0 aliphatic carbocycles. The highest BCUT2D eigenvalue weighted by Gasteiger charge is 2.49. The monoisotopic (exact) mass is 563 g/mol. The molecule has 2 aliphatic rings. The molecule has 2 aliphatic heterocycles. The highest BCUT2D eigenvalue weighted by Crippen LogP contribution is 2.46. The van der Waals surface area contributed by atoms with Gasteiger partial charge in [-0.25, -0.2) is 8.96 Å². The van der Waals surface area contributed by atoms with Gasteiger partial charge in [0, 0.05) is 6.20 Å². The van der Waals surface area contributed by atoms with Crippen LogP contribution in [0.15, 0.2) is 42.1 Å². The molecule has 3 rings (SSSR count). The Balaban J connectivity index is 1.73. The minimum atomic E-state index is -4.21. The van der Waals surface area contributed by atoms with Crippen molar-refractivity contribution in [3.63, 3.8) is 0 Å². The van der Waals surface area contributed by atoms with Crippen molar-refractivity contribution in [2.45, 2.75) is 69.9 Å². The zero-order valence-corrected chi connectivity index (χ0v) is 22.8. The Morgan fingerprint density at radius 3 is 2.67 bits per heavy atom. The van der Waals surface area contributed by atoms with Crippen molar-refractivity contribution in [2.24, 2.45) is 0 Å². The number of alkyl halides is 1. The number of hydrogen-bond acceptors (Lipinski definition) is 10. The molecule has 3 N–H and O–H groups in total. The molecule has 0 radical (unpaired) electrons. The van der Waals surface area contributed by atoms with Gasteiger partial charge in [-0.1, -0.05) is 30.4 Å². The van der Waals surface area contributed by atoms with Crippen molar-refractivity contribution in [3.8, 4) is 5.75 Å². The van der Waals surface area contributed by atoms with E-state index in [4.69, 9.17) is 30.7 Å². The lowest BCUT2D eigenvalue weighted by Gasteiger charge is -2.37. The van der Waals surface area contributed by atoms with E-state index >= 15 is 4.39 Å². The smallest absolute Gasteiger partial charge is 0.459 e. The maximum atomic E-state index is 15.0. The summed E-state index contributed by atoms with van der Waals surface area (Å²) < 4.78 is 50.6. The van der Waals surface area contributed by atoms with Gasteiger partial charge in [-0.2, -0.15) is 5.09 Å². The van der Waals surface area contributed by atoms with Gasteiger partial charge in [-0.3, -0.25) is 9.32 Å². The molecule has 2 heterocycles. The summed E-state index contributed by atoms with van der Waals surface area (Å²) in [6.07, 6.45) is -4.61. The molecule has 0 aromatic heterocycles. The lowest BCUT2D eigenvalue weighted by atomic mass is 10.1. The molecule has 1 fully saturated rings. The van der Waals surface area contributed by atoms with Crippen LogP contribution in [-0.4, -0.2) is 69.8 Å². The summed E-state index contributed by atoms with van der Waals surface area (Å²) in [5, 5.41) is 15.9. The largest absolute Gasteiger partial charge is 0.462 e. The third kappa shape index (κ3) is 7.18. The number of carbonyl (C=O) groups excluding carboxylic acids is 1. The van der Waals surface area contributed by atoms with Crippen LogP contribution in [0.1, 0.15) is 27.7 Å². The number of esters is 1. The predicted molar refractivity (Wildman–Crippen MR) is 138 cm³/mol. The number of ether oxygens (including phenoxy) is 2. The molecule has 0 saturated carbocycles. The van der Waals surface area contributed by atoms with E-state index in [9.17, 15) is 14.5 Å². The second kappa shape index (κ2) is 12.2. The van der Waals surface area contributed by atoms with Crippen molar-refractivity contribution < 1.29 is 37.4 Å². The normalized spacial score (nSPS) is 28.8. The van der Waals surface area contributed by atoms with Crippen molar-refractivity contribution in [1.29, 1.82) is 0 Å². The van der Waals surface area contributed by atoms with Crippen LogP contribution in [0.25, 0.3) is 0 Å². The molecule has 1 aromatic rings. The van der Waals surface area contributed by atoms with Gasteiger partial charge in [0.25, 0.3) is 0 Å². The molecular weight excluding hydrogens is 532 g/mol. The lowest BCUT2D eigenvalue weighted by molar-refractivity contribution is -0.149. The van der Waals surface area contributed by atoms with Crippen LogP contribution in [0, 0.1) is 0 Å². The third-order valence-electron chi connectivity index (χ3n) is 5.27. The van der Waals surface area contributed by atoms with Gasteiger partial charge >= 0.3 is 13.7 Å². The predicted octanol–water partition coefficient (Wildman–Crippen LogP) is 2.89. The number of thiocarbonyl (C=S) groups is 1. The Morgan fingerprint density at radius 2 is 2.03 bits per heavy atom. The van der Waals surface area contributed by atoms with Crippen molar-refractivity contribution in [3.05, 3.63) is 42.1 Å². The van der Waals surface area contributed by atoms with Gasteiger partial charge in [-0.05, 0) is 45.4 Å². The molecule has 200 valence electrons. The molecule has 1 aromatic carbocycles. The van der Waals surface area contributed by atoms with Gasteiger partial charge in [0.2, 0.25) is 0 Å². The maximum Gasteiger partial charge on any atom is 0.459 e. The van der Waals surface area contributed by atoms with Crippen molar-refractivity contribution >= 4 is 43.6 Å². The molecule has 0 bridgehead atoms. The van der Waals surface area contributed by atoms with E-state index in [1.165, 1.54) is 11.8 Å². The summed E-state index contributed by atoms with van der Waals surface area (Å²) >= 11 is 9.55. The standard InChI is InChI=1S/C22H31FN3O7PS2/c1-12(2)31-21(28)14(4)25-34(29,33-15-8-6-5-7-9-15)30-11-16-18(27)17(23)20(32-16)26-10-13(3)19(35)24-22(26)36/h5-10,12,14,16-18,20,22,27,36H,11H2,1-4H3,(H,24,35)(H,25,29)/t14-,16-,17?,18+,20-,22?,34?/m0/s1. The summed E-state index contributed by atoms with van der Waals surface area (Å²) in [7, 11) is -4.21. The molecule has 1 saturated heterocycles. The summed E-state index contributed by atoms with van der Waals surface area (Å²) in [5.74, 6) is -0.454. The number of rotatable bonds is 10. The number of aliphatic hydroxyl groups is 1. The molecule has 0 spiro atoms. The second-order valence-electron chi connectivity index (χ2n) is 8.64. The number of carbonyl (C=O) groups is 1. The van der Waals surface area contributed by atoms with Gasteiger partial charge in [0.05, 0.1) is 12.7 Å². The first-order valence-corrected chi connectivity index (χ1v) is 13.8. The van der Waals surface area contributed by atoms with Crippen molar-refractivity contribution in [2.75, 3.05) is 6.61 Å².